The number of piperidine rings is 1. The van der Waals surface area contributed by atoms with E-state index in [1.165, 1.54) is 5.56 Å². The lowest BCUT2D eigenvalue weighted by Crippen LogP contribution is -2.46. The highest BCUT2D eigenvalue weighted by atomic mass is 16.3. The molecule has 1 fully saturated rings. The third kappa shape index (κ3) is 3.45. The van der Waals surface area contributed by atoms with E-state index in [-0.39, 0.29) is 0 Å². The summed E-state index contributed by atoms with van der Waals surface area (Å²) in [6, 6.07) is 10.2. The molecule has 1 saturated heterocycles. The van der Waals surface area contributed by atoms with Crippen molar-refractivity contribution in [3.8, 4) is 0 Å². The molecule has 0 saturated carbocycles. The molecule has 1 aromatic carbocycles. The standard InChI is InChI=1S/C18H23N3O/c1-2-15-13-19-17(20-14-15)21-10-8-18(22,9-11-21)12-16-6-4-3-5-7-16/h3-7,13-14,22H,2,8-12H2,1H3. The van der Waals surface area contributed by atoms with Crippen molar-refractivity contribution in [2.75, 3.05) is 18.0 Å². The fourth-order valence-electron chi connectivity index (χ4n) is 2.97. The molecule has 1 aromatic heterocycles. The van der Waals surface area contributed by atoms with Crippen molar-refractivity contribution in [1.82, 2.24) is 9.97 Å². The summed E-state index contributed by atoms with van der Waals surface area (Å²) in [4.78, 5) is 11.0. The van der Waals surface area contributed by atoms with Crippen molar-refractivity contribution in [2.45, 2.75) is 38.2 Å². The van der Waals surface area contributed by atoms with Crippen LogP contribution in [0.15, 0.2) is 42.7 Å². The summed E-state index contributed by atoms with van der Waals surface area (Å²) in [5.41, 5.74) is 1.74. The van der Waals surface area contributed by atoms with Gasteiger partial charge in [0.1, 0.15) is 0 Å². The van der Waals surface area contributed by atoms with Crippen molar-refractivity contribution >= 4 is 5.95 Å². The first kappa shape index (κ1) is 15.0. The zero-order valence-electron chi connectivity index (χ0n) is 13.1. The highest BCUT2D eigenvalue weighted by Crippen LogP contribution is 2.27. The summed E-state index contributed by atoms with van der Waals surface area (Å²) in [5, 5.41) is 10.8. The normalized spacial score (nSPS) is 17.5. The first-order valence-corrected chi connectivity index (χ1v) is 8.01. The molecule has 1 aliphatic rings. The largest absolute Gasteiger partial charge is 0.389 e. The summed E-state index contributed by atoms with van der Waals surface area (Å²) in [6.07, 6.45) is 6.97. The number of aliphatic hydroxyl groups is 1. The molecule has 0 bridgehead atoms. The Kier molecular flexibility index (Phi) is 4.39. The first-order valence-electron chi connectivity index (χ1n) is 8.01. The van der Waals surface area contributed by atoms with E-state index in [0.29, 0.717) is 0 Å². The fourth-order valence-corrected chi connectivity index (χ4v) is 2.97. The van der Waals surface area contributed by atoms with Crippen LogP contribution in [-0.4, -0.2) is 33.8 Å². The van der Waals surface area contributed by atoms with E-state index in [0.717, 1.165) is 50.3 Å². The summed E-state index contributed by atoms with van der Waals surface area (Å²) >= 11 is 0. The fraction of sp³-hybridized carbons (Fsp3) is 0.444. The van der Waals surface area contributed by atoms with E-state index in [1.54, 1.807) is 0 Å². The van der Waals surface area contributed by atoms with Gasteiger partial charge in [-0.1, -0.05) is 37.3 Å². The van der Waals surface area contributed by atoms with Crippen LogP contribution in [-0.2, 0) is 12.8 Å². The number of rotatable bonds is 4. The Morgan fingerprint density at radius 2 is 1.68 bits per heavy atom. The number of aryl methyl sites for hydroxylation is 1. The van der Waals surface area contributed by atoms with Crippen LogP contribution in [0.25, 0.3) is 0 Å². The van der Waals surface area contributed by atoms with E-state index < -0.39 is 5.60 Å². The lowest BCUT2D eigenvalue weighted by Gasteiger charge is -2.38. The first-order chi connectivity index (χ1) is 10.7. The Balaban J connectivity index is 1.61. The topological polar surface area (TPSA) is 49.2 Å². The Hall–Kier alpha value is -1.94. The van der Waals surface area contributed by atoms with E-state index >= 15 is 0 Å². The van der Waals surface area contributed by atoms with Crippen molar-refractivity contribution in [2.24, 2.45) is 0 Å². The molecule has 0 amide bonds. The van der Waals surface area contributed by atoms with Crippen LogP contribution in [0.1, 0.15) is 30.9 Å². The molecule has 2 aromatic rings. The molecule has 1 N–H and O–H groups in total. The SMILES string of the molecule is CCc1cnc(N2CCC(O)(Cc3ccccc3)CC2)nc1. The third-order valence-electron chi connectivity index (χ3n) is 4.45. The maximum Gasteiger partial charge on any atom is 0.225 e. The van der Waals surface area contributed by atoms with Crippen molar-refractivity contribution in [3.63, 3.8) is 0 Å². The van der Waals surface area contributed by atoms with Gasteiger partial charge in [0, 0.05) is 31.9 Å². The minimum absolute atomic E-state index is 0.610. The number of anilines is 1. The molecule has 22 heavy (non-hydrogen) atoms. The van der Waals surface area contributed by atoms with Gasteiger partial charge in [0.05, 0.1) is 5.60 Å². The Labute approximate surface area is 131 Å². The molecule has 0 aliphatic carbocycles. The molecule has 2 heterocycles. The number of hydrogen-bond acceptors (Lipinski definition) is 4. The van der Waals surface area contributed by atoms with Gasteiger partial charge in [-0.2, -0.15) is 0 Å². The third-order valence-corrected chi connectivity index (χ3v) is 4.45. The molecule has 0 spiro atoms. The van der Waals surface area contributed by atoms with E-state index in [1.807, 2.05) is 30.6 Å². The zero-order valence-corrected chi connectivity index (χ0v) is 13.1. The van der Waals surface area contributed by atoms with Crippen LogP contribution in [0.5, 0.6) is 0 Å². The number of nitrogens with zero attached hydrogens (tertiary/aromatic N) is 3. The average molecular weight is 297 g/mol. The number of benzene rings is 1. The molecule has 3 rings (SSSR count). The molecule has 0 atom stereocenters. The maximum atomic E-state index is 10.8. The molecule has 1 aliphatic heterocycles. The highest BCUT2D eigenvalue weighted by Gasteiger charge is 2.33. The summed E-state index contributed by atoms with van der Waals surface area (Å²) in [6.45, 7) is 3.70. The van der Waals surface area contributed by atoms with Crippen LogP contribution in [0, 0.1) is 0 Å². The summed E-state index contributed by atoms with van der Waals surface area (Å²) in [5.74, 6) is 0.777. The molecule has 116 valence electrons. The van der Waals surface area contributed by atoms with Gasteiger partial charge in [0.25, 0.3) is 0 Å². The van der Waals surface area contributed by atoms with Gasteiger partial charge in [-0.3, -0.25) is 0 Å². The van der Waals surface area contributed by atoms with Crippen LogP contribution >= 0.6 is 0 Å². The maximum absolute atomic E-state index is 10.8. The van der Waals surface area contributed by atoms with E-state index in [9.17, 15) is 5.11 Å². The highest BCUT2D eigenvalue weighted by molar-refractivity contribution is 5.31. The Bertz CT molecular complexity index is 589. The predicted octanol–water partition coefficient (Wildman–Crippen LogP) is 2.61. The quantitative estimate of drug-likeness (QED) is 0.942. The number of hydrogen-bond donors (Lipinski definition) is 1. The zero-order chi connectivity index (χ0) is 15.4. The second-order valence-electron chi connectivity index (χ2n) is 6.12. The molecular formula is C18H23N3O. The monoisotopic (exact) mass is 297 g/mol. The van der Waals surface area contributed by atoms with Crippen LogP contribution in [0.3, 0.4) is 0 Å². The second kappa shape index (κ2) is 6.44. The molecular weight excluding hydrogens is 274 g/mol. The van der Waals surface area contributed by atoms with Crippen molar-refractivity contribution in [3.05, 3.63) is 53.9 Å². The minimum Gasteiger partial charge on any atom is -0.389 e. The Morgan fingerprint density at radius 3 is 2.27 bits per heavy atom. The predicted molar refractivity (Wildman–Crippen MR) is 88.0 cm³/mol. The van der Waals surface area contributed by atoms with Gasteiger partial charge in [-0.05, 0) is 30.4 Å². The number of aromatic nitrogens is 2. The van der Waals surface area contributed by atoms with Crippen LogP contribution in [0.4, 0.5) is 5.95 Å². The van der Waals surface area contributed by atoms with E-state index in [4.69, 9.17) is 0 Å². The lowest BCUT2D eigenvalue weighted by atomic mass is 9.85. The minimum atomic E-state index is -0.610. The average Bonchev–Trinajstić information content (AvgIpc) is 2.56. The summed E-state index contributed by atoms with van der Waals surface area (Å²) < 4.78 is 0. The molecule has 4 heteroatoms. The van der Waals surface area contributed by atoms with Gasteiger partial charge >= 0.3 is 0 Å². The van der Waals surface area contributed by atoms with Gasteiger partial charge in [0.2, 0.25) is 5.95 Å². The molecule has 0 unspecified atom stereocenters. The van der Waals surface area contributed by atoms with Gasteiger partial charge in [0.15, 0.2) is 0 Å². The molecule has 0 radical (unpaired) electrons. The van der Waals surface area contributed by atoms with E-state index in [2.05, 4.69) is 33.9 Å². The van der Waals surface area contributed by atoms with Crippen LogP contribution in [0.2, 0.25) is 0 Å². The Morgan fingerprint density at radius 1 is 1.05 bits per heavy atom. The van der Waals surface area contributed by atoms with Gasteiger partial charge in [-0.25, -0.2) is 9.97 Å². The van der Waals surface area contributed by atoms with Crippen molar-refractivity contribution in [1.29, 1.82) is 0 Å². The second-order valence-corrected chi connectivity index (χ2v) is 6.12. The van der Waals surface area contributed by atoms with Gasteiger partial charge < -0.3 is 10.0 Å². The molecule has 4 nitrogen and oxygen atoms in total. The smallest absolute Gasteiger partial charge is 0.225 e. The summed E-state index contributed by atoms with van der Waals surface area (Å²) in [7, 11) is 0. The van der Waals surface area contributed by atoms with Crippen molar-refractivity contribution < 1.29 is 5.11 Å². The van der Waals surface area contributed by atoms with Crippen LogP contribution < -0.4 is 4.90 Å². The van der Waals surface area contributed by atoms with Gasteiger partial charge in [-0.15, -0.1) is 0 Å². The lowest BCUT2D eigenvalue weighted by molar-refractivity contribution is 0.0163.